The zero-order valence-electron chi connectivity index (χ0n) is 39.7. The molecule has 3 heterocycles. The summed E-state index contributed by atoms with van der Waals surface area (Å²) in [6.45, 7) is 11.4. The Bertz CT molecular complexity index is 1770. The Morgan fingerprint density at radius 3 is 1.76 bits per heavy atom. The molecule has 67 heavy (non-hydrogen) atoms. The number of hydrogen-bond acceptors (Lipinski definition) is 19. The van der Waals surface area contributed by atoms with E-state index in [9.17, 15) is 65.8 Å². The Morgan fingerprint density at radius 1 is 0.597 bits per heavy atom. The molecule has 3 saturated heterocycles. The van der Waals surface area contributed by atoms with Crippen LogP contribution in [0.1, 0.15) is 106 Å². The topological polar surface area (TPSA) is 312 Å². The van der Waals surface area contributed by atoms with E-state index in [4.69, 9.17) is 28.4 Å². The minimum absolute atomic E-state index is 0.0536. The highest BCUT2D eigenvalue weighted by Crippen LogP contribution is 2.78. The van der Waals surface area contributed by atoms with Crippen molar-refractivity contribution in [2.45, 2.75) is 204 Å². The van der Waals surface area contributed by atoms with Crippen molar-refractivity contribution in [3.8, 4) is 0 Å². The highest BCUT2D eigenvalue weighted by atomic mass is 16.8. The molecule has 5 aliphatic carbocycles. The van der Waals surface area contributed by atoms with Gasteiger partial charge in [-0.2, -0.15) is 0 Å². The summed E-state index contributed by atoms with van der Waals surface area (Å²) in [5.74, 6) is -0.722. The van der Waals surface area contributed by atoms with E-state index in [0.29, 0.717) is 25.7 Å². The normalized spacial score (nSPS) is 54.4. The maximum atomic E-state index is 14.7. The van der Waals surface area contributed by atoms with Crippen molar-refractivity contribution in [3.05, 3.63) is 0 Å². The summed E-state index contributed by atoms with van der Waals surface area (Å²) in [4.78, 5) is 27.3. The van der Waals surface area contributed by atoms with Gasteiger partial charge in [0.05, 0.1) is 31.3 Å². The number of fused-ring (bicyclic) bond motifs is 7. The summed E-state index contributed by atoms with van der Waals surface area (Å²) < 4.78 is 36.1. The van der Waals surface area contributed by atoms with E-state index in [0.717, 1.165) is 44.8 Å². The van der Waals surface area contributed by atoms with Crippen LogP contribution >= 0.6 is 0 Å². The summed E-state index contributed by atoms with van der Waals surface area (Å²) in [6.07, 6.45) is -15.8. The van der Waals surface area contributed by atoms with Crippen LogP contribution in [0, 0.1) is 62.6 Å². The molecule has 3 aliphatic heterocycles. The van der Waals surface area contributed by atoms with Gasteiger partial charge < -0.3 is 89.4 Å². The van der Waals surface area contributed by atoms with Crippen molar-refractivity contribution in [2.24, 2.45) is 62.6 Å². The molecule has 7 unspecified atom stereocenters. The Balaban J connectivity index is 1.03. The maximum Gasteiger partial charge on any atom is 0.314 e. The van der Waals surface area contributed by atoms with Crippen molar-refractivity contribution in [3.63, 3.8) is 0 Å². The second-order valence-electron chi connectivity index (χ2n) is 23.1. The molecule has 19 heteroatoms. The van der Waals surface area contributed by atoms with E-state index in [-0.39, 0.29) is 51.8 Å². The minimum atomic E-state index is -1.79. The third-order valence-corrected chi connectivity index (χ3v) is 20.1. The SMILES string of the molecule is CC(C=O)C1CC[C@]2(C(=O)O[C@@H]3O[C@H](CO)[C@@H](O)[C@H](O)[C@H]3O)CC[C@]3(C)C(CCC4[C@@]5(C)CCC(O[C@@H]6O[C@H](CO)[C@@H](O)[C@H](O)[C@H]6O[C@@H]6O[C@H](CO)[C@@H](O)[C@H](O)[C@H]6O)C(C)(C)C5CC[C@]43C)C12. The second kappa shape index (κ2) is 18.8. The summed E-state index contributed by atoms with van der Waals surface area (Å²) >= 11 is 0. The van der Waals surface area contributed by atoms with Gasteiger partial charge in [0, 0.05) is 5.92 Å². The number of aliphatic hydroxyl groups excluding tert-OH is 11. The van der Waals surface area contributed by atoms with Crippen LogP contribution in [-0.2, 0) is 38.0 Å². The molecule has 0 bridgehead atoms. The monoisotopic (exact) mass is 959 g/mol. The van der Waals surface area contributed by atoms with Crippen LogP contribution in [0.15, 0.2) is 0 Å². The molecule has 8 rings (SSSR count). The van der Waals surface area contributed by atoms with E-state index >= 15 is 0 Å². The van der Waals surface area contributed by atoms with E-state index < -0.39 is 135 Å². The fraction of sp³-hybridized carbons (Fsp3) is 0.958. The number of carbonyl (C=O) groups excluding carboxylic acids is 2. The molecule has 11 N–H and O–H groups in total. The molecule has 26 atom stereocenters. The fourth-order valence-corrected chi connectivity index (χ4v) is 16.1. The van der Waals surface area contributed by atoms with Gasteiger partial charge in [0.15, 0.2) is 12.6 Å². The van der Waals surface area contributed by atoms with Crippen LogP contribution in [0.25, 0.3) is 0 Å². The number of ether oxygens (including phenoxy) is 6. The number of aliphatic hydroxyl groups is 11. The molecule has 0 amide bonds. The van der Waals surface area contributed by atoms with Crippen LogP contribution in [0.2, 0.25) is 0 Å². The number of rotatable bonds is 11. The van der Waals surface area contributed by atoms with Crippen molar-refractivity contribution >= 4 is 12.3 Å². The first-order valence-electron chi connectivity index (χ1n) is 24.7. The van der Waals surface area contributed by atoms with Crippen molar-refractivity contribution in [2.75, 3.05) is 19.8 Å². The number of hydrogen-bond donors (Lipinski definition) is 11. The van der Waals surface area contributed by atoms with E-state index in [1.165, 1.54) is 0 Å². The molecule has 8 aliphatic rings. The first-order chi connectivity index (χ1) is 31.5. The van der Waals surface area contributed by atoms with Crippen molar-refractivity contribution in [1.82, 2.24) is 0 Å². The van der Waals surface area contributed by atoms with E-state index in [2.05, 4.69) is 34.6 Å². The lowest BCUT2D eigenvalue weighted by molar-refractivity contribution is -0.378. The zero-order chi connectivity index (χ0) is 48.9. The number of aldehydes is 1. The van der Waals surface area contributed by atoms with E-state index in [1.807, 2.05) is 6.92 Å². The Hall–Kier alpha value is -1.50. The molecule has 19 nitrogen and oxygen atoms in total. The summed E-state index contributed by atoms with van der Waals surface area (Å²) in [7, 11) is 0. The van der Waals surface area contributed by atoms with Gasteiger partial charge in [-0.15, -0.1) is 0 Å². The average Bonchev–Trinajstić information content (AvgIpc) is 3.70. The summed E-state index contributed by atoms with van der Waals surface area (Å²) in [6, 6.07) is 0. The first kappa shape index (κ1) is 51.8. The second-order valence-corrected chi connectivity index (χ2v) is 23.1. The van der Waals surface area contributed by atoms with Crippen LogP contribution in [-0.4, -0.2) is 186 Å². The molecular weight excluding hydrogens is 881 g/mol. The summed E-state index contributed by atoms with van der Waals surface area (Å²) in [5, 5.41) is 115. The van der Waals surface area contributed by atoms with Gasteiger partial charge in [0.2, 0.25) is 6.29 Å². The first-order valence-corrected chi connectivity index (χ1v) is 24.7. The van der Waals surface area contributed by atoms with Gasteiger partial charge in [0.1, 0.15) is 79.5 Å². The lowest BCUT2D eigenvalue weighted by Gasteiger charge is -2.73. The van der Waals surface area contributed by atoms with Crippen LogP contribution in [0.5, 0.6) is 0 Å². The molecular formula is C48H78O19. The molecule has 384 valence electrons. The van der Waals surface area contributed by atoms with E-state index in [1.54, 1.807) is 0 Å². The van der Waals surface area contributed by atoms with Gasteiger partial charge in [-0.05, 0) is 115 Å². The third kappa shape index (κ3) is 8.00. The lowest BCUT2D eigenvalue weighted by atomic mass is 9.32. The molecule has 0 aromatic rings. The van der Waals surface area contributed by atoms with Gasteiger partial charge in [-0.25, -0.2) is 0 Å². The number of esters is 1. The highest BCUT2D eigenvalue weighted by Gasteiger charge is 2.73. The molecule has 0 aromatic carbocycles. The predicted octanol–water partition coefficient (Wildman–Crippen LogP) is -0.745. The lowest BCUT2D eigenvalue weighted by Crippen LogP contribution is -2.68. The molecule has 5 saturated carbocycles. The standard InChI is InChI=1S/C48H78O19/c1-21(17-49)22-9-14-48(43(61)67-41-38(60)35(57)32(54)25(19-51)63-41)16-15-46(5)23(30(22)48)7-8-28-45(4)12-11-29(44(2,3)27(45)10-13-47(28,46)6)65-42-39(36(58)33(55)26(20-52)64-42)66-40-37(59)34(56)31(53)24(18-50)62-40/h17,21-42,50-60H,7-16,18-20H2,1-6H3/t21?,22?,23?,24-,25-,26-,27?,28?,29?,30?,31-,32-,33-,34+,35+,36+,37-,38-,39-,40+,41+,42+,45+,46-,47-,48+/m1/s1. The predicted molar refractivity (Wildman–Crippen MR) is 231 cm³/mol. The zero-order valence-corrected chi connectivity index (χ0v) is 39.7. The minimum Gasteiger partial charge on any atom is -0.432 e. The Kier molecular flexibility index (Phi) is 14.6. The highest BCUT2D eigenvalue weighted by molar-refractivity contribution is 5.78. The summed E-state index contributed by atoms with van der Waals surface area (Å²) in [5.41, 5.74) is -2.07. The van der Waals surface area contributed by atoms with Gasteiger partial charge in [-0.1, -0.05) is 41.5 Å². The third-order valence-electron chi connectivity index (χ3n) is 20.1. The van der Waals surface area contributed by atoms with Crippen molar-refractivity contribution in [1.29, 1.82) is 0 Å². The average molecular weight is 959 g/mol. The van der Waals surface area contributed by atoms with Gasteiger partial charge >= 0.3 is 5.97 Å². The maximum absolute atomic E-state index is 14.7. The Morgan fingerprint density at radius 2 is 1.16 bits per heavy atom. The molecule has 0 aromatic heterocycles. The Labute approximate surface area is 392 Å². The fourth-order valence-electron chi connectivity index (χ4n) is 16.1. The van der Waals surface area contributed by atoms with Crippen molar-refractivity contribution < 1.29 is 94.2 Å². The molecule has 8 fully saturated rings. The van der Waals surface area contributed by atoms with Crippen LogP contribution < -0.4 is 0 Å². The largest absolute Gasteiger partial charge is 0.432 e. The quantitative estimate of drug-likeness (QED) is 0.0690. The molecule has 0 radical (unpaired) electrons. The van der Waals surface area contributed by atoms with Crippen LogP contribution in [0.3, 0.4) is 0 Å². The molecule has 0 spiro atoms. The van der Waals surface area contributed by atoms with Crippen LogP contribution in [0.4, 0.5) is 0 Å². The smallest absolute Gasteiger partial charge is 0.314 e. The van der Waals surface area contributed by atoms with Gasteiger partial charge in [0.25, 0.3) is 0 Å². The number of carbonyl (C=O) groups is 2. The van der Waals surface area contributed by atoms with Gasteiger partial charge in [-0.3, -0.25) is 4.79 Å².